The summed E-state index contributed by atoms with van der Waals surface area (Å²) in [5.41, 5.74) is 5.55. The molecule has 88 valence electrons. The van der Waals surface area contributed by atoms with E-state index in [1.54, 1.807) is 12.3 Å². The van der Waals surface area contributed by atoms with Gasteiger partial charge >= 0.3 is 0 Å². The topological polar surface area (TPSA) is 97.1 Å². The largest absolute Gasteiger partial charge is 0.349 e. The van der Waals surface area contributed by atoms with Gasteiger partial charge in [0.05, 0.1) is 0 Å². The van der Waals surface area contributed by atoms with E-state index in [-0.39, 0.29) is 11.8 Å². The van der Waals surface area contributed by atoms with Crippen LogP contribution in [0.4, 0.5) is 5.13 Å². The maximum absolute atomic E-state index is 11.4. The number of nitrogens with zero attached hydrogens (tertiary/aromatic N) is 1. The van der Waals surface area contributed by atoms with Crippen LogP contribution in [0.15, 0.2) is 5.38 Å². The number of rotatable bonds is 5. The lowest BCUT2D eigenvalue weighted by Crippen LogP contribution is -2.29. The molecule has 1 rings (SSSR count). The molecule has 0 bridgehead atoms. The van der Waals surface area contributed by atoms with Gasteiger partial charge in [0, 0.05) is 24.9 Å². The number of aromatic nitrogens is 1. The van der Waals surface area contributed by atoms with E-state index in [1.807, 2.05) is 0 Å². The minimum Gasteiger partial charge on any atom is -0.349 e. The number of hydrogen-bond donors (Lipinski definition) is 3. The Morgan fingerprint density at radius 1 is 1.56 bits per heavy atom. The number of thiazole rings is 1. The van der Waals surface area contributed by atoms with Crippen molar-refractivity contribution in [2.75, 3.05) is 18.4 Å². The van der Waals surface area contributed by atoms with E-state index in [9.17, 15) is 9.59 Å². The predicted molar refractivity (Wildman–Crippen MR) is 62.4 cm³/mol. The Morgan fingerprint density at radius 2 is 2.31 bits per heavy atom. The third-order valence-electron chi connectivity index (χ3n) is 1.73. The maximum atomic E-state index is 11.4. The molecule has 4 N–H and O–H groups in total. The van der Waals surface area contributed by atoms with Gasteiger partial charge in [-0.05, 0) is 0 Å². The molecule has 0 saturated carbocycles. The average Bonchev–Trinajstić information content (AvgIpc) is 2.74. The van der Waals surface area contributed by atoms with Gasteiger partial charge in [-0.3, -0.25) is 9.59 Å². The molecule has 0 fully saturated rings. The monoisotopic (exact) mass is 242 g/mol. The Bertz CT molecular complexity index is 377. The summed E-state index contributed by atoms with van der Waals surface area (Å²) in [6, 6.07) is 0. The molecule has 0 aliphatic carbocycles. The van der Waals surface area contributed by atoms with E-state index in [4.69, 9.17) is 5.73 Å². The van der Waals surface area contributed by atoms with E-state index in [2.05, 4.69) is 15.6 Å². The number of nitrogens with one attached hydrogen (secondary N) is 2. The van der Waals surface area contributed by atoms with E-state index >= 15 is 0 Å². The minimum absolute atomic E-state index is 0.122. The van der Waals surface area contributed by atoms with Crippen molar-refractivity contribution >= 4 is 28.3 Å². The SMILES string of the molecule is CCC(=O)Nc1nc(C(=O)NCCN)cs1. The first kappa shape index (κ1) is 12.6. The third-order valence-corrected chi connectivity index (χ3v) is 2.49. The molecule has 16 heavy (non-hydrogen) atoms. The number of hydrogen-bond acceptors (Lipinski definition) is 5. The predicted octanol–water partition coefficient (Wildman–Crippen LogP) is 0.180. The van der Waals surface area contributed by atoms with Crippen molar-refractivity contribution in [1.29, 1.82) is 0 Å². The number of nitrogens with two attached hydrogens (primary N) is 1. The van der Waals surface area contributed by atoms with Crippen molar-refractivity contribution in [1.82, 2.24) is 10.3 Å². The molecule has 0 saturated heterocycles. The molecule has 7 heteroatoms. The highest BCUT2D eigenvalue weighted by molar-refractivity contribution is 7.14. The van der Waals surface area contributed by atoms with E-state index in [0.29, 0.717) is 30.3 Å². The van der Waals surface area contributed by atoms with Gasteiger partial charge in [-0.1, -0.05) is 6.92 Å². The summed E-state index contributed by atoms with van der Waals surface area (Å²) in [5.74, 6) is -0.401. The number of carbonyl (C=O) groups excluding carboxylic acids is 2. The molecule has 0 unspecified atom stereocenters. The number of carbonyl (C=O) groups is 2. The molecule has 1 aromatic heterocycles. The Morgan fingerprint density at radius 3 is 2.94 bits per heavy atom. The summed E-state index contributed by atoms with van der Waals surface area (Å²) in [6.07, 6.45) is 0.383. The highest BCUT2D eigenvalue weighted by Crippen LogP contribution is 2.15. The van der Waals surface area contributed by atoms with Crippen LogP contribution >= 0.6 is 11.3 Å². The zero-order valence-corrected chi connectivity index (χ0v) is 9.76. The molecule has 2 amide bonds. The van der Waals surface area contributed by atoms with Gasteiger partial charge in [0.25, 0.3) is 5.91 Å². The summed E-state index contributed by atoms with van der Waals surface area (Å²) in [6.45, 7) is 2.54. The molecular formula is C9H14N4O2S. The molecule has 0 atom stereocenters. The lowest BCUT2D eigenvalue weighted by molar-refractivity contribution is -0.115. The summed E-state index contributed by atoms with van der Waals surface area (Å²) >= 11 is 1.22. The zero-order chi connectivity index (χ0) is 12.0. The first-order chi connectivity index (χ1) is 7.67. The van der Waals surface area contributed by atoms with Crippen LogP contribution in [0.1, 0.15) is 23.8 Å². The van der Waals surface area contributed by atoms with Crippen LogP contribution in [0.3, 0.4) is 0 Å². The minimum atomic E-state index is -0.279. The maximum Gasteiger partial charge on any atom is 0.270 e. The molecule has 0 radical (unpaired) electrons. The molecule has 0 aliphatic heterocycles. The van der Waals surface area contributed by atoms with Crippen LogP contribution in [-0.4, -0.2) is 29.9 Å². The zero-order valence-electron chi connectivity index (χ0n) is 8.95. The second-order valence-corrected chi connectivity index (χ2v) is 3.84. The fraction of sp³-hybridized carbons (Fsp3) is 0.444. The van der Waals surface area contributed by atoms with Crippen LogP contribution in [-0.2, 0) is 4.79 Å². The van der Waals surface area contributed by atoms with Crippen molar-refractivity contribution in [3.63, 3.8) is 0 Å². The van der Waals surface area contributed by atoms with Gasteiger partial charge < -0.3 is 16.4 Å². The van der Waals surface area contributed by atoms with Crippen LogP contribution < -0.4 is 16.4 Å². The van der Waals surface area contributed by atoms with Gasteiger partial charge in [0.15, 0.2) is 5.13 Å². The summed E-state index contributed by atoms with van der Waals surface area (Å²) in [7, 11) is 0. The quantitative estimate of drug-likeness (QED) is 0.686. The molecule has 0 aliphatic rings. The van der Waals surface area contributed by atoms with E-state index in [1.165, 1.54) is 11.3 Å². The highest BCUT2D eigenvalue weighted by atomic mass is 32.1. The van der Waals surface area contributed by atoms with Crippen molar-refractivity contribution in [2.24, 2.45) is 5.73 Å². The molecule has 6 nitrogen and oxygen atoms in total. The fourth-order valence-electron chi connectivity index (χ4n) is 0.919. The fourth-order valence-corrected chi connectivity index (χ4v) is 1.63. The standard InChI is InChI=1S/C9H14N4O2S/c1-2-7(14)13-9-12-6(5-16-9)8(15)11-4-3-10/h5H,2-4,10H2,1H3,(H,11,15)(H,12,13,14). The van der Waals surface area contributed by atoms with Gasteiger partial charge in [0.1, 0.15) is 5.69 Å². The first-order valence-electron chi connectivity index (χ1n) is 4.91. The van der Waals surface area contributed by atoms with E-state index < -0.39 is 0 Å². The molecule has 1 heterocycles. The Labute approximate surface area is 97.2 Å². The van der Waals surface area contributed by atoms with Gasteiger partial charge in [-0.25, -0.2) is 4.98 Å². The average molecular weight is 242 g/mol. The van der Waals surface area contributed by atoms with Gasteiger partial charge in [0.2, 0.25) is 5.91 Å². The van der Waals surface area contributed by atoms with Crippen LogP contribution in [0.25, 0.3) is 0 Å². The van der Waals surface area contributed by atoms with Gasteiger partial charge in [-0.2, -0.15) is 0 Å². The molecule has 0 aromatic carbocycles. The Hall–Kier alpha value is -1.47. The molecule has 1 aromatic rings. The van der Waals surface area contributed by atoms with Gasteiger partial charge in [-0.15, -0.1) is 11.3 Å². The lowest BCUT2D eigenvalue weighted by Gasteiger charge is -1.99. The Kier molecular flexibility index (Phi) is 4.87. The van der Waals surface area contributed by atoms with Crippen molar-refractivity contribution in [3.8, 4) is 0 Å². The Balaban J connectivity index is 2.57. The normalized spacial score (nSPS) is 9.88. The first-order valence-corrected chi connectivity index (χ1v) is 5.79. The van der Waals surface area contributed by atoms with Crippen molar-refractivity contribution < 1.29 is 9.59 Å². The molecular weight excluding hydrogens is 228 g/mol. The van der Waals surface area contributed by atoms with Crippen molar-refractivity contribution in [2.45, 2.75) is 13.3 Å². The summed E-state index contributed by atoms with van der Waals surface area (Å²) in [4.78, 5) is 26.5. The summed E-state index contributed by atoms with van der Waals surface area (Å²) < 4.78 is 0. The van der Waals surface area contributed by atoms with E-state index in [0.717, 1.165) is 0 Å². The van der Waals surface area contributed by atoms with Crippen LogP contribution in [0, 0.1) is 0 Å². The van der Waals surface area contributed by atoms with Crippen LogP contribution in [0.5, 0.6) is 0 Å². The number of amides is 2. The van der Waals surface area contributed by atoms with Crippen LogP contribution in [0.2, 0.25) is 0 Å². The lowest BCUT2D eigenvalue weighted by atomic mass is 10.4. The third kappa shape index (κ3) is 3.59. The second kappa shape index (κ2) is 6.19. The number of anilines is 1. The smallest absolute Gasteiger partial charge is 0.270 e. The second-order valence-electron chi connectivity index (χ2n) is 2.98. The highest BCUT2D eigenvalue weighted by Gasteiger charge is 2.10. The summed E-state index contributed by atoms with van der Waals surface area (Å²) in [5, 5.41) is 7.21. The molecule has 0 spiro atoms. The van der Waals surface area contributed by atoms with Crippen molar-refractivity contribution in [3.05, 3.63) is 11.1 Å².